The molecule has 18 heavy (non-hydrogen) atoms. The van der Waals surface area contributed by atoms with Crippen molar-refractivity contribution < 1.29 is 23.1 Å². The van der Waals surface area contributed by atoms with Crippen molar-refractivity contribution in [1.82, 2.24) is 8.61 Å². The van der Waals surface area contributed by atoms with Gasteiger partial charge in [-0.1, -0.05) is 0 Å². The van der Waals surface area contributed by atoms with E-state index in [-0.39, 0.29) is 6.54 Å². The molecule has 1 N–H and O–H groups in total. The van der Waals surface area contributed by atoms with Crippen LogP contribution < -0.4 is 0 Å². The summed E-state index contributed by atoms with van der Waals surface area (Å²) in [7, 11) is -3.67. The van der Waals surface area contributed by atoms with Crippen molar-refractivity contribution in [3.8, 4) is 0 Å². The van der Waals surface area contributed by atoms with E-state index in [1.807, 2.05) is 0 Å². The minimum atomic E-state index is -3.67. The van der Waals surface area contributed by atoms with Crippen LogP contribution in [0.15, 0.2) is 0 Å². The molecule has 0 aliphatic carbocycles. The second-order valence-corrected chi connectivity index (χ2v) is 6.36. The number of hydrogen-bond acceptors (Lipinski definition) is 4. The molecule has 2 aliphatic heterocycles. The van der Waals surface area contributed by atoms with Gasteiger partial charge in [-0.05, 0) is 19.3 Å². The van der Waals surface area contributed by atoms with Crippen molar-refractivity contribution >= 4 is 16.2 Å². The smallest absolute Gasteiger partial charge is 0.322 e. The highest BCUT2D eigenvalue weighted by atomic mass is 32.2. The normalized spacial score (nSPS) is 28.1. The Morgan fingerprint density at radius 1 is 1.17 bits per heavy atom. The van der Waals surface area contributed by atoms with Gasteiger partial charge in [-0.3, -0.25) is 4.79 Å². The highest BCUT2D eigenvalue weighted by molar-refractivity contribution is 7.86. The predicted molar refractivity (Wildman–Crippen MR) is 63.3 cm³/mol. The van der Waals surface area contributed by atoms with E-state index >= 15 is 0 Å². The molecule has 8 heteroatoms. The van der Waals surface area contributed by atoms with Gasteiger partial charge in [0.1, 0.15) is 6.04 Å². The van der Waals surface area contributed by atoms with Crippen molar-refractivity contribution in [1.29, 1.82) is 0 Å². The molecule has 2 rings (SSSR count). The van der Waals surface area contributed by atoms with Crippen molar-refractivity contribution in [2.75, 3.05) is 32.8 Å². The molecule has 0 amide bonds. The van der Waals surface area contributed by atoms with Crippen molar-refractivity contribution in [3.05, 3.63) is 0 Å². The van der Waals surface area contributed by atoms with Crippen LogP contribution in [-0.4, -0.2) is 67.0 Å². The summed E-state index contributed by atoms with van der Waals surface area (Å²) < 4.78 is 32.3. The van der Waals surface area contributed by atoms with Gasteiger partial charge in [0.15, 0.2) is 0 Å². The third-order valence-corrected chi connectivity index (χ3v) is 5.38. The molecule has 0 unspecified atom stereocenters. The van der Waals surface area contributed by atoms with Crippen LogP contribution in [-0.2, 0) is 19.7 Å². The lowest BCUT2D eigenvalue weighted by atomic mass is 10.1. The van der Waals surface area contributed by atoms with Crippen LogP contribution in [0.25, 0.3) is 0 Å². The highest BCUT2D eigenvalue weighted by Gasteiger charge is 2.40. The largest absolute Gasteiger partial charge is 0.480 e. The first-order valence-corrected chi connectivity index (χ1v) is 7.50. The van der Waals surface area contributed by atoms with E-state index < -0.39 is 22.2 Å². The van der Waals surface area contributed by atoms with Crippen LogP contribution in [0.2, 0.25) is 0 Å². The minimum absolute atomic E-state index is 0.288. The number of carboxylic acid groups (broad SMARTS) is 1. The zero-order valence-corrected chi connectivity index (χ0v) is 10.9. The molecule has 7 nitrogen and oxygen atoms in total. The number of aliphatic carboxylic acids is 1. The summed E-state index contributed by atoms with van der Waals surface area (Å²) in [6, 6.07) is -0.924. The first-order chi connectivity index (χ1) is 8.53. The summed E-state index contributed by atoms with van der Waals surface area (Å²) in [5, 5.41) is 9.12. The standard InChI is InChI=1S/C10H18N2O5S/c13-10(14)9-3-1-2-4-12(9)18(15,16)11-5-7-17-8-6-11/h9H,1-8H2,(H,13,14)/t9-/m1/s1. The minimum Gasteiger partial charge on any atom is -0.480 e. The molecular formula is C10H18N2O5S. The Kier molecular flexibility index (Phi) is 4.21. The van der Waals surface area contributed by atoms with Crippen LogP contribution in [0.5, 0.6) is 0 Å². The molecule has 2 heterocycles. The SMILES string of the molecule is O=C(O)[C@H]1CCCCN1S(=O)(=O)N1CCOCC1. The zero-order chi connectivity index (χ0) is 13.2. The quantitative estimate of drug-likeness (QED) is 0.752. The summed E-state index contributed by atoms with van der Waals surface area (Å²) in [6.45, 7) is 1.61. The van der Waals surface area contributed by atoms with Gasteiger partial charge >= 0.3 is 5.97 Å². The maximum absolute atomic E-state index is 12.4. The molecule has 0 saturated carbocycles. The van der Waals surface area contributed by atoms with E-state index in [0.29, 0.717) is 39.1 Å². The fraction of sp³-hybridized carbons (Fsp3) is 0.900. The van der Waals surface area contributed by atoms with Gasteiger partial charge in [0, 0.05) is 19.6 Å². The van der Waals surface area contributed by atoms with Gasteiger partial charge in [0.2, 0.25) is 0 Å². The van der Waals surface area contributed by atoms with Gasteiger partial charge in [-0.25, -0.2) is 0 Å². The van der Waals surface area contributed by atoms with Gasteiger partial charge in [0.25, 0.3) is 10.2 Å². The van der Waals surface area contributed by atoms with Crippen molar-refractivity contribution in [3.63, 3.8) is 0 Å². The fourth-order valence-electron chi connectivity index (χ4n) is 2.35. The average Bonchev–Trinajstić information content (AvgIpc) is 2.39. The highest BCUT2D eigenvalue weighted by Crippen LogP contribution is 2.23. The van der Waals surface area contributed by atoms with E-state index in [0.717, 1.165) is 10.7 Å². The maximum atomic E-state index is 12.4. The molecule has 2 saturated heterocycles. The number of rotatable bonds is 3. The Morgan fingerprint density at radius 2 is 1.83 bits per heavy atom. The second kappa shape index (κ2) is 5.52. The summed E-state index contributed by atoms with van der Waals surface area (Å²) in [4.78, 5) is 11.1. The molecule has 1 atom stereocenters. The molecule has 0 spiro atoms. The number of morpholine rings is 1. The maximum Gasteiger partial charge on any atom is 0.322 e. The summed E-state index contributed by atoms with van der Waals surface area (Å²) in [6.07, 6.45) is 1.86. The average molecular weight is 278 g/mol. The summed E-state index contributed by atoms with van der Waals surface area (Å²) >= 11 is 0. The number of carbonyl (C=O) groups is 1. The van der Waals surface area contributed by atoms with Crippen LogP contribution in [0.3, 0.4) is 0 Å². The van der Waals surface area contributed by atoms with E-state index in [9.17, 15) is 13.2 Å². The molecule has 0 radical (unpaired) electrons. The van der Waals surface area contributed by atoms with Crippen molar-refractivity contribution in [2.24, 2.45) is 0 Å². The lowest BCUT2D eigenvalue weighted by Crippen LogP contribution is -2.55. The monoisotopic (exact) mass is 278 g/mol. The Labute approximate surface area is 106 Å². The van der Waals surface area contributed by atoms with Crippen LogP contribution in [0.1, 0.15) is 19.3 Å². The van der Waals surface area contributed by atoms with Gasteiger partial charge in [-0.15, -0.1) is 0 Å². The summed E-state index contributed by atoms with van der Waals surface area (Å²) in [5.74, 6) is -1.06. The first kappa shape index (κ1) is 13.7. The molecule has 0 aromatic heterocycles. The first-order valence-electron chi connectivity index (χ1n) is 6.11. The zero-order valence-electron chi connectivity index (χ0n) is 10.1. The van der Waals surface area contributed by atoms with Crippen molar-refractivity contribution in [2.45, 2.75) is 25.3 Å². The topological polar surface area (TPSA) is 87.2 Å². The predicted octanol–water partition coefficient (Wildman–Crippen LogP) is -0.497. The van der Waals surface area contributed by atoms with E-state index in [2.05, 4.69) is 0 Å². The number of carboxylic acids is 1. The molecule has 0 aromatic rings. The van der Waals surface area contributed by atoms with Gasteiger partial charge in [-0.2, -0.15) is 17.0 Å². The molecular weight excluding hydrogens is 260 g/mol. The molecule has 2 aliphatic rings. The molecule has 0 aromatic carbocycles. The molecule has 0 bridgehead atoms. The Morgan fingerprint density at radius 3 is 2.44 bits per heavy atom. The number of nitrogens with zero attached hydrogens (tertiary/aromatic N) is 2. The van der Waals surface area contributed by atoms with E-state index in [4.69, 9.17) is 9.84 Å². The third kappa shape index (κ3) is 2.66. The second-order valence-electron chi connectivity index (χ2n) is 4.48. The van der Waals surface area contributed by atoms with Crippen LogP contribution >= 0.6 is 0 Å². The molecule has 104 valence electrons. The number of ether oxygens (including phenoxy) is 1. The third-order valence-electron chi connectivity index (χ3n) is 3.33. The Balaban J connectivity index is 2.18. The van der Waals surface area contributed by atoms with E-state index in [1.54, 1.807) is 0 Å². The van der Waals surface area contributed by atoms with Gasteiger partial charge < -0.3 is 9.84 Å². The molecule has 2 fully saturated rings. The number of hydrogen-bond donors (Lipinski definition) is 1. The summed E-state index contributed by atoms with van der Waals surface area (Å²) in [5.41, 5.74) is 0. The van der Waals surface area contributed by atoms with Crippen LogP contribution in [0, 0.1) is 0 Å². The Bertz CT molecular complexity index is 404. The lowest BCUT2D eigenvalue weighted by molar-refractivity contribution is -0.142. The fourth-order valence-corrected chi connectivity index (χ4v) is 4.14. The van der Waals surface area contributed by atoms with Crippen LogP contribution in [0.4, 0.5) is 0 Å². The van der Waals surface area contributed by atoms with Gasteiger partial charge in [0.05, 0.1) is 13.2 Å². The Hall–Kier alpha value is -0.700. The number of piperidine rings is 1. The van der Waals surface area contributed by atoms with E-state index in [1.165, 1.54) is 4.31 Å². The lowest BCUT2D eigenvalue weighted by Gasteiger charge is -2.37.